The van der Waals surface area contributed by atoms with Crippen LogP contribution in [0.4, 0.5) is 0 Å². The number of halogens is 1. The Kier molecular flexibility index (Phi) is 4.01. The van der Waals surface area contributed by atoms with E-state index in [0.29, 0.717) is 5.02 Å². The Morgan fingerprint density at radius 2 is 1.79 bits per heavy atom. The first kappa shape index (κ1) is 14.9. The maximum absolute atomic E-state index is 6.04. The van der Waals surface area contributed by atoms with Gasteiger partial charge in [0.25, 0.3) is 0 Å². The lowest BCUT2D eigenvalue weighted by molar-refractivity contribution is 0.739. The van der Waals surface area contributed by atoms with Gasteiger partial charge in [-0.3, -0.25) is 4.99 Å². The second-order valence-corrected chi connectivity index (χ2v) is 5.99. The van der Waals surface area contributed by atoms with Gasteiger partial charge in [-0.15, -0.1) is 5.10 Å². The number of nitrogens with one attached hydrogen (secondary N) is 1. The molecular formula is C18H16ClN5. The van der Waals surface area contributed by atoms with Gasteiger partial charge in [-0.1, -0.05) is 47.1 Å². The van der Waals surface area contributed by atoms with Crippen LogP contribution >= 0.6 is 11.6 Å². The van der Waals surface area contributed by atoms with E-state index in [2.05, 4.69) is 20.6 Å². The van der Waals surface area contributed by atoms with E-state index < -0.39 is 0 Å². The molecule has 3 aromatic rings. The normalized spacial score (nSPS) is 14.1. The number of hydrogen-bond donors (Lipinski definition) is 1. The molecule has 1 N–H and O–H groups in total. The minimum absolute atomic E-state index is 0.701. The number of amidine groups is 1. The highest BCUT2D eigenvalue weighted by atomic mass is 35.5. The molecule has 2 aromatic carbocycles. The fraction of sp³-hybridized carbons (Fsp3) is 0.167. The van der Waals surface area contributed by atoms with Gasteiger partial charge in [-0.05, 0) is 30.7 Å². The molecule has 5 nitrogen and oxygen atoms in total. The summed E-state index contributed by atoms with van der Waals surface area (Å²) in [5.41, 5.74) is 3.63. The van der Waals surface area contributed by atoms with Crippen LogP contribution in [0.15, 0.2) is 59.6 Å². The van der Waals surface area contributed by atoms with Crippen molar-refractivity contribution in [3.05, 3.63) is 65.3 Å². The second kappa shape index (κ2) is 6.45. The van der Waals surface area contributed by atoms with E-state index in [4.69, 9.17) is 11.6 Å². The number of nitrogens with zero attached hydrogens (tertiary/aromatic N) is 4. The van der Waals surface area contributed by atoms with Crippen molar-refractivity contribution >= 4 is 17.4 Å². The van der Waals surface area contributed by atoms with Crippen LogP contribution in [0.5, 0.6) is 0 Å². The molecule has 0 saturated heterocycles. The third kappa shape index (κ3) is 2.78. The van der Waals surface area contributed by atoms with E-state index in [-0.39, 0.29) is 0 Å². The van der Waals surface area contributed by atoms with Gasteiger partial charge in [0, 0.05) is 23.7 Å². The molecule has 120 valence electrons. The molecule has 6 heteroatoms. The first-order chi connectivity index (χ1) is 11.8. The summed E-state index contributed by atoms with van der Waals surface area (Å²) in [5, 5.41) is 12.8. The molecule has 0 amide bonds. The van der Waals surface area contributed by atoms with Crippen LogP contribution in [0, 0.1) is 0 Å². The third-order valence-electron chi connectivity index (χ3n) is 3.91. The van der Waals surface area contributed by atoms with E-state index in [1.165, 1.54) is 0 Å². The average molecular weight is 338 g/mol. The average Bonchev–Trinajstić information content (AvgIpc) is 3.09. The van der Waals surface area contributed by atoms with Crippen molar-refractivity contribution in [1.82, 2.24) is 20.3 Å². The molecule has 2 heterocycles. The second-order valence-electron chi connectivity index (χ2n) is 5.55. The molecule has 0 fully saturated rings. The summed E-state index contributed by atoms with van der Waals surface area (Å²) >= 11 is 6.04. The van der Waals surface area contributed by atoms with Crippen molar-refractivity contribution in [3.63, 3.8) is 0 Å². The number of hydrogen-bond acceptors (Lipinski definition) is 4. The standard InChI is InChI=1S/C18H16ClN5/c19-14-9-7-13(8-10-14)17-16(18-20-11-4-12-21-18)22-23-24(17)15-5-2-1-3-6-15/h1-3,5-10H,4,11-12H2,(H,20,21). The molecule has 0 aliphatic carbocycles. The van der Waals surface area contributed by atoms with Gasteiger partial charge in [0.2, 0.25) is 0 Å². The third-order valence-corrected chi connectivity index (χ3v) is 4.16. The molecule has 0 unspecified atom stereocenters. The smallest absolute Gasteiger partial charge is 0.156 e. The molecule has 0 bridgehead atoms. The number of para-hydroxylation sites is 1. The fourth-order valence-corrected chi connectivity index (χ4v) is 2.88. The Morgan fingerprint density at radius 3 is 2.50 bits per heavy atom. The maximum atomic E-state index is 6.04. The van der Waals surface area contributed by atoms with Crippen molar-refractivity contribution in [2.24, 2.45) is 4.99 Å². The van der Waals surface area contributed by atoms with Crippen molar-refractivity contribution in [1.29, 1.82) is 0 Å². The molecule has 0 radical (unpaired) electrons. The Labute approximate surface area is 145 Å². The number of aliphatic imine (C=N–C) groups is 1. The molecular weight excluding hydrogens is 322 g/mol. The molecule has 0 atom stereocenters. The summed E-state index contributed by atoms with van der Waals surface area (Å²) in [6.45, 7) is 1.71. The summed E-state index contributed by atoms with van der Waals surface area (Å²) in [7, 11) is 0. The van der Waals surface area contributed by atoms with Crippen molar-refractivity contribution in [2.45, 2.75) is 6.42 Å². The minimum Gasteiger partial charge on any atom is -0.368 e. The van der Waals surface area contributed by atoms with Crippen molar-refractivity contribution < 1.29 is 0 Å². The topological polar surface area (TPSA) is 55.1 Å². The van der Waals surface area contributed by atoms with Crippen LogP contribution in [0.2, 0.25) is 5.02 Å². The van der Waals surface area contributed by atoms with Crippen LogP contribution in [0.25, 0.3) is 16.9 Å². The highest BCUT2D eigenvalue weighted by molar-refractivity contribution is 6.30. The predicted octanol–water partition coefficient (Wildman–Crippen LogP) is 3.33. The molecule has 0 saturated carbocycles. The number of rotatable bonds is 3. The van der Waals surface area contributed by atoms with Gasteiger partial charge in [0.1, 0.15) is 5.69 Å². The zero-order valence-corrected chi connectivity index (χ0v) is 13.7. The van der Waals surface area contributed by atoms with Gasteiger partial charge in [0.15, 0.2) is 11.5 Å². The van der Waals surface area contributed by atoms with Gasteiger partial charge in [0.05, 0.1) is 5.69 Å². The van der Waals surface area contributed by atoms with Gasteiger partial charge >= 0.3 is 0 Å². The largest absolute Gasteiger partial charge is 0.368 e. The Morgan fingerprint density at radius 1 is 1.00 bits per heavy atom. The SMILES string of the molecule is Clc1ccc(-c2c(C3=NCCCN3)nnn2-c2ccccc2)cc1. The van der Waals surface area contributed by atoms with E-state index in [1.54, 1.807) is 0 Å². The Balaban J connectivity index is 1.90. The zero-order chi connectivity index (χ0) is 16.4. The van der Waals surface area contributed by atoms with E-state index in [0.717, 1.165) is 48.0 Å². The summed E-state index contributed by atoms with van der Waals surface area (Å²) in [6, 6.07) is 17.7. The molecule has 1 aromatic heterocycles. The molecule has 1 aliphatic rings. The van der Waals surface area contributed by atoms with Crippen LogP contribution < -0.4 is 5.32 Å². The summed E-state index contributed by atoms with van der Waals surface area (Å²) < 4.78 is 1.84. The lowest BCUT2D eigenvalue weighted by Gasteiger charge is -2.14. The first-order valence-corrected chi connectivity index (χ1v) is 8.26. The Bertz CT molecular complexity index is 868. The highest BCUT2D eigenvalue weighted by Gasteiger charge is 2.21. The molecule has 1 aliphatic heterocycles. The lowest BCUT2D eigenvalue weighted by Crippen LogP contribution is -2.31. The van der Waals surface area contributed by atoms with E-state index in [9.17, 15) is 0 Å². The maximum Gasteiger partial charge on any atom is 0.156 e. The molecule has 0 spiro atoms. The monoisotopic (exact) mass is 337 g/mol. The molecule has 4 rings (SSSR count). The van der Waals surface area contributed by atoms with Crippen molar-refractivity contribution in [3.8, 4) is 16.9 Å². The van der Waals surface area contributed by atoms with Crippen LogP contribution in [0.1, 0.15) is 12.1 Å². The van der Waals surface area contributed by atoms with Gasteiger partial charge in [-0.2, -0.15) is 0 Å². The summed E-state index contributed by atoms with van der Waals surface area (Å²) in [6.07, 6.45) is 1.03. The quantitative estimate of drug-likeness (QED) is 0.797. The number of benzene rings is 2. The van der Waals surface area contributed by atoms with Crippen LogP contribution in [0.3, 0.4) is 0 Å². The first-order valence-electron chi connectivity index (χ1n) is 7.89. The van der Waals surface area contributed by atoms with Crippen molar-refractivity contribution in [2.75, 3.05) is 13.1 Å². The predicted molar refractivity (Wildman–Crippen MR) is 95.8 cm³/mol. The zero-order valence-electron chi connectivity index (χ0n) is 13.0. The summed E-state index contributed by atoms with van der Waals surface area (Å²) in [5.74, 6) is 0.799. The highest BCUT2D eigenvalue weighted by Crippen LogP contribution is 2.27. The van der Waals surface area contributed by atoms with Gasteiger partial charge < -0.3 is 5.32 Å². The fourth-order valence-electron chi connectivity index (χ4n) is 2.75. The summed E-state index contributed by atoms with van der Waals surface area (Å²) in [4.78, 5) is 4.57. The van der Waals surface area contributed by atoms with E-state index >= 15 is 0 Å². The van der Waals surface area contributed by atoms with Gasteiger partial charge in [-0.25, -0.2) is 4.68 Å². The Hall–Kier alpha value is -2.66. The van der Waals surface area contributed by atoms with Crippen LogP contribution in [-0.2, 0) is 0 Å². The number of aromatic nitrogens is 3. The van der Waals surface area contributed by atoms with Crippen LogP contribution in [-0.4, -0.2) is 33.9 Å². The lowest BCUT2D eigenvalue weighted by atomic mass is 10.1. The van der Waals surface area contributed by atoms with E-state index in [1.807, 2.05) is 59.3 Å². The minimum atomic E-state index is 0.701. The molecule has 24 heavy (non-hydrogen) atoms.